The normalized spacial score (nSPS) is 23.4. The molecule has 0 spiro atoms. The lowest BCUT2D eigenvalue weighted by Crippen LogP contribution is -2.33. The Morgan fingerprint density at radius 1 is 1.39 bits per heavy atom. The molecule has 1 heterocycles. The average Bonchev–Trinajstić information content (AvgIpc) is 2.64. The molecule has 96 valence electrons. The van der Waals surface area contributed by atoms with Crippen LogP contribution in [0.5, 0.6) is 0 Å². The van der Waals surface area contributed by atoms with Gasteiger partial charge >= 0.3 is 5.97 Å². The highest BCUT2D eigenvalue weighted by Crippen LogP contribution is 2.31. The molecule has 1 aromatic carbocycles. The summed E-state index contributed by atoms with van der Waals surface area (Å²) in [5.74, 6) is -0.950. The van der Waals surface area contributed by atoms with E-state index in [4.69, 9.17) is 5.11 Å². The van der Waals surface area contributed by atoms with Crippen molar-refractivity contribution in [3.63, 3.8) is 0 Å². The number of hydrogen-bond donors (Lipinski definition) is 1. The average molecular weight is 247 g/mol. The first-order chi connectivity index (χ1) is 8.51. The van der Waals surface area contributed by atoms with Gasteiger partial charge in [0.25, 0.3) is 0 Å². The van der Waals surface area contributed by atoms with Crippen LogP contribution in [-0.2, 0) is 16.0 Å². The van der Waals surface area contributed by atoms with Crippen LogP contribution < -0.4 is 0 Å². The van der Waals surface area contributed by atoms with Crippen molar-refractivity contribution >= 4 is 11.9 Å². The van der Waals surface area contributed by atoms with Gasteiger partial charge in [-0.3, -0.25) is 9.59 Å². The first-order valence-corrected chi connectivity index (χ1v) is 6.06. The minimum absolute atomic E-state index is 0.0594. The highest BCUT2D eigenvalue weighted by Gasteiger charge is 2.44. The quantitative estimate of drug-likeness (QED) is 0.878. The molecule has 1 N–H and O–H groups in total. The number of carboxylic acid groups (broad SMARTS) is 1. The second kappa shape index (κ2) is 4.80. The third-order valence-corrected chi connectivity index (χ3v) is 3.46. The number of likely N-dealkylation sites (tertiary alicyclic amines) is 1. The Labute approximate surface area is 106 Å². The maximum atomic E-state index is 11.8. The van der Waals surface area contributed by atoms with E-state index in [9.17, 15) is 9.59 Å². The van der Waals surface area contributed by atoms with Gasteiger partial charge in [0.2, 0.25) is 5.91 Å². The van der Waals surface area contributed by atoms with Gasteiger partial charge in [0, 0.05) is 19.5 Å². The third-order valence-electron chi connectivity index (χ3n) is 3.46. The molecule has 4 heteroatoms. The zero-order valence-corrected chi connectivity index (χ0v) is 10.4. The number of carboxylic acids is 1. The van der Waals surface area contributed by atoms with Crippen molar-refractivity contribution in [1.29, 1.82) is 0 Å². The Morgan fingerprint density at radius 2 is 2.06 bits per heavy atom. The van der Waals surface area contributed by atoms with Crippen LogP contribution in [0.1, 0.15) is 18.9 Å². The monoisotopic (exact) mass is 247 g/mol. The molecule has 0 aromatic heterocycles. The molecular formula is C14H17NO3. The Hall–Kier alpha value is -1.84. The Kier molecular flexibility index (Phi) is 3.36. The van der Waals surface area contributed by atoms with E-state index in [1.54, 1.807) is 11.8 Å². The molecule has 4 nitrogen and oxygen atoms in total. The summed E-state index contributed by atoms with van der Waals surface area (Å²) >= 11 is 0. The molecule has 18 heavy (non-hydrogen) atoms. The summed E-state index contributed by atoms with van der Waals surface area (Å²) < 4.78 is 0. The van der Waals surface area contributed by atoms with E-state index >= 15 is 0 Å². The molecule has 2 rings (SSSR count). The number of nitrogens with zero attached hydrogens (tertiary/aromatic N) is 1. The second-order valence-electron chi connectivity index (χ2n) is 5.09. The standard InChI is InChI=1S/C14H17NO3/c1-14(13(17)18)9-12(16)15(10-14)8-7-11-5-3-2-4-6-11/h2-6H,7-10H2,1H3,(H,17,18). The number of benzene rings is 1. The van der Waals surface area contributed by atoms with Crippen molar-refractivity contribution in [3.8, 4) is 0 Å². The van der Waals surface area contributed by atoms with Gasteiger partial charge in [0.05, 0.1) is 5.41 Å². The summed E-state index contributed by atoms with van der Waals surface area (Å²) in [4.78, 5) is 24.5. The molecule has 1 aliphatic heterocycles. The first-order valence-electron chi connectivity index (χ1n) is 6.06. The maximum Gasteiger partial charge on any atom is 0.311 e. The topological polar surface area (TPSA) is 57.6 Å². The minimum Gasteiger partial charge on any atom is -0.481 e. The van der Waals surface area contributed by atoms with Crippen LogP contribution in [-0.4, -0.2) is 35.0 Å². The van der Waals surface area contributed by atoms with Crippen molar-refractivity contribution < 1.29 is 14.7 Å². The molecule has 1 amide bonds. The van der Waals surface area contributed by atoms with Gasteiger partial charge in [0.15, 0.2) is 0 Å². The van der Waals surface area contributed by atoms with Crippen LogP contribution in [0.15, 0.2) is 30.3 Å². The fourth-order valence-electron chi connectivity index (χ4n) is 2.27. The van der Waals surface area contributed by atoms with Gasteiger partial charge < -0.3 is 10.0 Å². The van der Waals surface area contributed by atoms with Crippen molar-refractivity contribution in [2.75, 3.05) is 13.1 Å². The number of carbonyl (C=O) groups excluding carboxylic acids is 1. The van der Waals surface area contributed by atoms with Gasteiger partial charge in [-0.05, 0) is 18.9 Å². The lowest BCUT2D eigenvalue weighted by molar-refractivity contribution is -0.147. The highest BCUT2D eigenvalue weighted by molar-refractivity contribution is 5.88. The molecule has 0 saturated carbocycles. The molecule has 1 saturated heterocycles. The lowest BCUT2D eigenvalue weighted by atomic mass is 9.90. The Morgan fingerprint density at radius 3 is 2.61 bits per heavy atom. The third kappa shape index (κ3) is 2.53. The van der Waals surface area contributed by atoms with Crippen molar-refractivity contribution in [2.45, 2.75) is 19.8 Å². The van der Waals surface area contributed by atoms with Gasteiger partial charge in [0.1, 0.15) is 0 Å². The highest BCUT2D eigenvalue weighted by atomic mass is 16.4. The maximum absolute atomic E-state index is 11.8. The zero-order chi connectivity index (χ0) is 13.2. The van der Waals surface area contributed by atoms with E-state index in [-0.39, 0.29) is 12.3 Å². The van der Waals surface area contributed by atoms with E-state index in [2.05, 4.69) is 0 Å². The molecular weight excluding hydrogens is 230 g/mol. The zero-order valence-electron chi connectivity index (χ0n) is 10.4. The number of aliphatic carboxylic acids is 1. The fraction of sp³-hybridized carbons (Fsp3) is 0.429. The van der Waals surface area contributed by atoms with Crippen LogP contribution in [0.2, 0.25) is 0 Å². The van der Waals surface area contributed by atoms with E-state index in [0.29, 0.717) is 13.1 Å². The molecule has 1 aromatic rings. The molecule has 1 fully saturated rings. The van der Waals surface area contributed by atoms with E-state index in [0.717, 1.165) is 12.0 Å². The molecule has 0 radical (unpaired) electrons. The van der Waals surface area contributed by atoms with E-state index in [1.165, 1.54) is 0 Å². The van der Waals surface area contributed by atoms with Crippen molar-refractivity contribution in [2.24, 2.45) is 5.41 Å². The first kappa shape index (κ1) is 12.6. The smallest absolute Gasteiger partial charge is 0.311 e. The van der Waals surface area contributed by atoms with Crippen LogP contribution in [0, 0.1) is 5.41 Å². The summed E-state index contributed by atoms with van der Waals surface area (Å²) in [6.07, 6.45) is 0.874. The molecule has 1 unspecified atom stereocenters. The molecule has 1 aliphatic rings. The van der Waals surface area contributed by atoms with Crippen LogP contribution in [0.3, 0.4) is 0 Å². The Balaban J connectivity index is 1.95. The predicted molar refractivity (Wildman–Crippen MR) is 67.1 cm³/mol. The van der Waals surface area contributed by atoms with Crippen LogP contribution in [0.25, 0.3) is 0 Å². The van der Waals surface area contributed by atoms with Gasteiger partial charge in [-0.25, -0.2) is 0 Å². The number of rotatable bonds is 4. The summed E-state index contributed by atoms with van der Waals surface area (Å²) in [6.45, 7) is 2.54. The summed E-state index contributed by atoms with van der Waals surface area (Å²) in [7, 11) is 0. The number of carbonyl (C=O) groups is 2. The van der Waals surface area contributed by atoms with Crippen LogP contribution >= 0.6 is 0 Å². The van der Waals surface area contributed by atoms with Crippen molar-refractivity contribution in [3.05, 3.63) is 35.9 Å². The molecule has 0 bridgehead atoms. The Bertz CT molecular complexity index is 457. The summed E-state index contributed by atoms with van der Waals surface area (Å²) in [5, 5.41) is 9.11. The minimum atomic E-state index is -0.923. The summed E-state index contributed by atoms with van der Waals surface area (Å²) in [5.41, 5.74) is 0.238. The molecule has 1 atom stereocenters. The molecule has 0 aliphatic carbocycles. The van der Waals surface area contributed by atoms with Crippen LogP contribution in [0.4, 0.5) is 0 Å². The fourth-order valence-corrected chi connectivity index (χ4v) is 2.27. The summed E-state index contributed by atoms with van der Waals surface area (Å²) in [6, 6.07) is 9.89. The SMILES string of the molecule is CC1(C(=O)O)CC(=O)N(CCc2ccccc2)C1. The van der Waals surface area contributed by atoms with Gasteiger partial charge in [-0.15, -0.1) is 0 Å². The number of hydrogen-bond acceptors (Lipinski definition) is 2. The predicted octanol–water partition coefficient (Wildman–Crippen LogP) is 1.55. The van der Waals surface area contributed by atoms with Gasteiger partial charge in [-0.1, -0.05) is 30.3 Å². The number of amides is 1. The van der Waals surface area contributed by atoms with Gasteiger partial charge in [-0.2, -0.15) is 0 Å². The largest absolute Gasteiger partial charge is 0.481 e. The van der Waals surface area contributed by atoms with Crippen molar-refractivity contribution in [1.82, 2.24) is 4.90 Å². The van der Waals surface area contributed by atoms with E-state index < -0.39 is 11.4 Å². The second-order valence-corrected chi connectivity index (χ2v) is 5.09. The lowest BCUT2D eigenvalue weighted by Gasteiger charge is -2.19. The van der Waals surface area contributed by atoms with E-state index in [1.807, 2.05) is 30.3 Å².